The minimum absolute atomic E-state index is 0.249. The molecule has 0 radical (unpaired) electrons. The first kappa shape index (κ1) is 24.5. The van der Waals surface area contributed by atoms with Crippen molar-refractivity contribution < 1.29 is 9.59 Å². The summed E-state index contributed by atoms with van der Waals surface area (Å²) in [6, 6.07) is 15.8. The van der Waals surface area contributed by atoms with Gasteiger partial charge in [-0.15, -0.1) is 0 Å². The maximum absolute atomic E-state index is 12.8. The van der Waals surface area contributed by atoms with E-state index in [1.54, 1.807) is 48.5 Å². The topological polar surface area (TPSA) is 72.2 Å². The van der Waals surface area contributed by atoms with Gasteiger partial charge < -0.3 is 11.1 Å². The number of halogens is 6. The largest absolute Gasteiger partial charge is 0.369 e. The van der Waals surface area contributed by atoms with E-state index in [9.17, 15) is 9.59 Å². The van der Waals surface area contributed by atoms with Gasteiger partial charge in [0, 0.05) is 26.5 Å². The Bertz CT molecular complexity index is 1260. The Morgan fingerprint density at radius 3 is 2.00 bits per heavy atom. The molecule has 1 aliphatic carbocycles. The van der Waals surface area contributed by atoms with Gasteiger partial charge in [-0.25, -0.2) is 0 Å². The van der Waals surface area contributed by atoms with Crippen LogP contribution in [0, 0.1) is 0 Å². The number of carbonyl (C=O) groups is 2. The van der Waals surface area contributed by atoms with E-state index in [4.69, 9.17) is 75.3 Å². The summed E-state index contributed by atoms with van der Waals surface area (Å²) in [7, 11) is 0. The van der Waals surface area contributed by atoms with Gasteiger partial charge in [-0.1, -0.05) is 75.7 Å². The Morgan fingerprint density at radius 2 is 1.42 bits per heavy atom. The highest BCUT2D eigenvalue weighted by atomic mass is 35.5. The van der Waals surface area contributed by atoms with E-state index in [0.29, 0.717) is 31.8 Å². The molecule has 1 aliphatic rings. The van der Waals surface area contributed by atoms with Crippen molar-refractivity contribution in [2.45, 2.75) is 15.7 Å². The number of nitrogens with two attached hydrogens (primary N) is 1. The van der Waals surface area contributed by atoms with Crippen molar-refractivity contribution >= 4 is 87.1 Å². The lowest BCUT2D eigenvalue weighted by molar-refractivity contribution is -0.120. The van der Waals surface area contributed by atoms with Crippen LogP contribution in [0.5, 0.6) is 0 Å². The lowest BCUT2D eigenvalue weighted by Gasteiger charge is -2.18. The molecule has 4 rings (SSSR count). The Kier molecular flexibility index (Phi) is 6.56. The van der Waals surface area contributed by atoms with Crippen LogP contribution in [0.15, 0.2) is 60.7 Å². The number of alkyl halides is 2. The molecule has 3 N–H and O–H groups in total. The molecular formula is C23H14Cl6N2O2. The fraction of sp³-hybridized carbons (Fsp3) is 0.130. The van der Waals surface area contributed by atoms with Crippen LogP contribution in [0.3, 0.4) is 0 Å². The second kappa shape index (κ2) is 8.84. The highest BCUT2D eigenvalue weighted by molar-refractivity contribution is 6.55. The average molecular weight is 563 g/mol. The lowest BCUT2D eigenvalue weighted by Crippen LogP contribution is -2.34. The standard InChI is InChI=1S/C23H14Cl6N2O2/c24-14-4-1-11(2-5-14)20(32)31-18-9-13(3-6-17(18)27)22(21(30)33)19(23(22,28)29)12-7-15(25)10-16(26)8-12/h1-10,19H,(H2,30,33)(H,31,32). The van der Waals surface area contributed by atoms with Crippen LogP contribution >= 0.6 is 69.6 Å². The van der Waals surface area contributed by atoms with Gasteiger partial charge in [-0.05, 0) is 65.7 Å². The third kappa shape index (κ3) is 4.18. The number of rotatable bonds is 5. The van der Waals surface area contributed by atoms with Gasteiger partial charge in [-0.2, -0.15) is 0 Å². The SMILES string of the molecule is NC(=O)C1(c2ccc(Cl)c(NC(=O)c3ccc(Cl)cc3)c2)C(c2cc(Cl)cc(Cl)c2)C1(Cl)Cl. The number of hydrogen-bond donors (Lipinski definition) is 2. The molecule has 2 amide bonds. The first-order chi connectivity index (χ1) is 15.5. The van der Waals surface area contributed by atoms with Gasteiger partial charge in [0.05, 0.1) is 10.7 Å². The molecule has 170 valence electrons. The minimum atomic E-state index is -1.59. The maximum Gasteiger partial charge on any atom is 0.255 e. The molecule has 3 aromatic rings. The highest BCUT2D eigenvalue weighted by Crippen LogP contribution is 2.74. The second-order valence-electron chi connectivity index (χ2n) is 7.59. The molecule has 10 heteroatoms. The number of anilines is 1. The third-order valence-corrected chi connectivity index (χ3v) is 7.67. The lowest BCUT2D eigenvalue weighted by atomic mass is 9.89. The van der Waals surface area contributed by atoms with E-state index in [0.717, 1.165) is 0 Å². The third-order valence-electron chi connectivity index (χ3n) is 5.62. The fourth-order valence-electron chi connectivity index (χ4n) is 4.08. The van der Waals surface area contributed by atoms with Gasteiger partial charge in [0.2, 0.25) is 5.91 Å². The number of amides is 2. The van der Waals surface area contributed by atoms with Crippen LogP contribution < -0.4 is 11.1 Å². The van der Waals surface area contributed by atoms with Crippen LogP contribution in [0.25, 0.3) is 0 Å². The Morgan fingerprint density at radius 1 is 0.818 bits per heavy atom. The number of primary amides is 1. The summed E-state index contributed by atoms with van der Waals surface area (Å²) in [5.74, 6) is -1.90. The Hall–Kier alpha value is -1.66. The number of carbonyl (C=O) groups excluding carboxylic acids is 2. The van der Waals surface area contributed by atoms with Crippen molar-refractivity contribution in [3.8, 4) is 0 Å². The van der Waals surface area contributed by atoms with Gasteiger partial charge in [0.25, 0.3) is 5.91 Å². The summed E-state index contributed by atoms with van der Waals surface area (Å²) in [6.45, 7) is 0. The first-order valence-corrected chi connectivity index (χ1v) is 11.8. The van der Waals surface area contributed by atoms with E-state index in [-0.39, 0.29) is 10.7 Å². The quantitative estimate of drug-likeness (QED) is 0.322. The average Bonchev–Trinajstić information content (AvgIpc) is 3.26. The van der Waals surface area contributed by atoms with Crippen molar-refractivity contribution in [2.24, 2.45) is 5.73 Å². The van der Waals surface area contributed by atoms with E-state index < -0.39 is 27.5 Å². The highest BCUT2D eigenvalue weighted by Gasteiger charge is 2.80. The van der Waals surface area contributed by atoms with Crippen LogP contribution in [0.4, 0.5) is 5.69 Å². The molecule has 0 saturated heterocycles. The monoisotopic (exact) mass is 560 g/mol. The van der Waals surface area contributed by atoms with Crippen LogP contribution in [0.1, 0.15) is 27.4 Å². The van der Waals surface area contributed by atoms with Crippen molar-refractivity contribution in [2.75, 3.05) is 5.32 Å². The van der Waals surface area contributed by atoms with Gasteiger partial charge in [0.1, 0.15) is 9.75 Å². The van der Waals surface area contributed by atoms with E-state index in [2.05, 4.69) is 5.32 Å². The molecule has 0 spiro atoms. The summed E-state index contributed by atoms with van der Waals surface area (Å²) in [4.78, 5) is 25.5. The molecular weight excluding hydrogens is 549 g/mol. The summed E-state index contributed by atoms with van der Waals surface area (Å²) in [5, 5.41) is 4.20. The maximum atomic E-state index is 12.8. The molecule has 3 aromatic carbocycles. The smallest absolute Gasteiger partial charge is 0.255 e. The molecule has 0 bridgehead atoms. The molecule has 2 unspecified atom stereocenters. The zero-order valence-corrected chi connectivity index (χ0v) is 21.0. The van der Waals surface area contributed by atoms with E-state index in [1.807, 2.05) is 0 Å². The summed E-state index contributed by atoms with van der Waals surface area (Å²) in [6.07, 6.45) is 0. The molecule has 1 fully saturated rings. The van der Waals surface area contributed by atoms with Gasteiger partial charge in [0.15, 0.2) is 0 Å². The summed E-state index contributed by atoms with van der Waals surface area (Å²) >= 11 is 37.8. The summed E-state index contributed by atoms with van der Waals surface area (Å²) < 4.78 is -1.59. The zero-order valence-electron chi connectivity index (χ0n) is 16.5. The van der Waals surface area contributed by atoms with Crippen molar-refractivity contribution in [3.63, 3.8) is 0 Å². The molecule has 33 heavy (non-hydrogen) atoms. The van der Waals surface area contributed by atoms with E-state index >= 15 is 0 Å². The molecule has 0 aliphatic heterocycles. The fourth-order valence-corrected chi connectivity index (χ4v) is 6.00. The van der Waals surface area contributed by atoms with Crippen LogP contribution in [-0.2, 0) is 10.2 Å². The normalized spacial score (nSPS) is 20.8. The van der Waals surface area contributed by atoms with Crippen LogP contribution in [0.2, 0.25) is 20.1 Å². The molecule has 2 atom stereocenters. The number of hydrogen-bond acceptors (Lipinski definition) is 2. The van der Waals surface area contributed by atoms with Gasteiger partial charge >= 0.3 is 0 Å². The summed E-state index contributed by atoms with van der Waals surface area (Å²) in [5.41, 5.74) is 5.89. The minimum Gasteiger partial charge on any atom is -0.369 e. The molecule has 0 aromatic heterocycles. The predicted octanol–water partition coefficient (Wildman–Crippen LogP) is 7.25. The van der Waals surface area contributed by atoms with E-state index in [1.165, 1.54) is 12.1 Å². The Labute approximate surface area is 219 Å². The predicted molar refractivity (Wildman–Crippen MR) is 135 cm³/mol. The zero-order chi connectivity index (χ0) is 24.1. The van der Waals surface area contributed by atoms with Gasteiger partial charge in [-0.3, -0.25) is 9.59 Å². The number of nitrogens with one attached hydrogen (secondary N) is 1. The second-order valence-corrected chi connectivity index (χ2v) is 10.7. The van der Waals surface area contributed by atoms with Crippen molar-refractivity contribution in [1.82, 2.24) is 0 Å². The first-order valence-electron chi connectivity index (χ1n) is 9.49. The van der Waals surface area contributed by atoms with Crippen molar-refractivity contribution in [1.29, 1.82) is 0 Å². The Balaban J connectivity index is 1.76. The van der Waals surface area contributed by atoms with Crippen molar-refractivity contribution in [3.05, 3.63) is 97.4 Å². The number of benzene rings is 3. The molecule has 4 nitrogen and oxygen atoms in total. The molecule has 0 heterocycles. The van der Waals surface area contributed by atoms with Crippen LogP contribution in [-0.4, -0.2) is 16.1 Å². The molecule has 1 saturated carbocycles.